The number of rotatable bonds is 8. The van der Waals surface area contributed by atoms with Crippen LogP contribution in [0.15, 0.2) is 52.3 Å². The summed E-state index contributed by atoms with van der Waals surface area (Å²) in [5.74, 6) is 1.67. The van der Waals surface area contributed by atoms with E-state index in [1.54, 1.807) is 34.4 Å². The second kappa shape index (κ2) is 9.52. The molecule has 4 aromatic rings. The first kappa shape index (κ1) is 20.7. The van der Waals surface area contributed by atoms with E-state index in [1.807, 2.05) is 0 Å². The second-order valence-electron chi connectivity index (χ2n) is 7.45. The highest BCUT2D eigenvalue weighted by Gasteiger charge is 2.22. The van der Waals surface area contributed by atoms with Crippen LogP contribution in [0.5, 0.6) is 0 Å². The molecule has 1 N–H and O–H groups in total. The van der Waals surface area contributed by atoms with E-state index >= 15 is 0 Å². The molecule has 6 nitrogen and oxygen atoms in total. The summed E-state index contributed by atoms with van der Waals surface area (Å²) in [6, 6.07) is 12.5. The minimum absolute atomic E-state index is 0.235. The number of hydrogen-bond donors (Lipinski definition) is 1. The van der Waals surface area contributed by atoms with Gasteiger partial charge in [0.1, 0.15) is 0 Å². The van der Waals surface area contributed by atoms with Crippen molar-refractivity contribution in [2.45, 2.75) is 43.3 Å². The zero-order chi connectivity index (χ0) is 21.0. The molecule has 5 rings (SSSR count). The Bertz CT molecular complexity index is 1110. The molecule has 1 atom stereocenters. The van der Waals surface area contributed by atoms with Crippen molar-refractivity contribution in [1.29, 1.82) is 0 Å². The van der Waals surface area contributed by atoms with Crippen molar-refractivity contribution in [2.75, 3.05) is 11.9 Å². The summed E-state index contributed by atoms with van der Waals surface area (Å²) in [6.45, 7) is 3.73. The number of aryl methyl sites for hydroxylation is 1. The Balaban J connectivity index is 1.29. The number of hydrogen-bond acceptors (Lipinski definition) is 8. The molecule has 1 unspecified atom stereocenters. The fraction of sp³-hybridized carbons (Fsp3) is 0.318. The molecule has 1 saturated heterocycles. The summed E-state index contributed by atoms with van der Waals surface area (Å²) in [7, 11) is 0. The second-order valence-corrected chi connectivity index (χ2v) is 10.2. The van der Waals surface area contributed by atoms with Crippen LogP contribution in [-0.4, -0.2) is 32.5 Å². The zero-order valence-electron chi connectivity index (χ0n) is 17.2. The van der Waals surface area contributed by atoms with Crippen LogP contribution >= 0.6 is 34.4 Å². The Hall–Kier alpha value is -2.20. The number of aromatic nitrogens is 4. The Morgan fingerprint density at radius 1 is 1.19 bits per heavy atom. The zero-order valence-corrected chi connectivity index (χ0v) is 19.6. The molecule has 160 valence electrons. The van der Waals surface area contributed by atoms with E-state index in [2.05, 4.69) is 74.2 Å². The van der Waals surface area contributed by atoms with Gasteiger partial charge in [0, 0.05) is 23.4 Å². The van der Waals surface area contributed by atoms with Crippen molar-refractivity contribution in [2.24, 2.45) is 0 Å². The van der Waals surface area contributed by atoms with Gasteiger partial charge < -0.3 is 10.1 Å². The van der Waals surface area contributed by atoms with Gasteiger partial charge in [-0.05, 0) is 43.3 Å². The van der Waals surface area contributed by atoms with E-state index in [0.717, 1.165) is 64.1 Å². The predicted octanol–water partition coefficient (Wildman–Crippen LogP) is 5.99. The van der Waals surface area contributed by atoms with E-state index in [-0.39, 0.29) is 6.10 Å². The fourth-order valence-electron chi connectivity index (χ4n) is 3.47. The quantitative estimate of drug-likeness (QED) is 0.320. The monoisotopic (exact) mass is 469 g/mol. The first-order valence-electron chi connectivity index (χ1n) is 10.2. The molecule has 9 heteroatoms. The van der Waals surface area contributed by atoms with Crippen molar-refractivity contribution in [1.82, 2.24) is 19.7 Å². The maximum atomic E-state index is 5.88. The van der Waals surface area contributed by atoms with E-state index < -0.39 is 0 Å². The van der Waals surface area contributed by atoms with Crippen LogP contribution in [-0.2, 0) is 17.0 Å². The van der Waals surface area contributed by atoms with Gasteiger partial charge in [-0.15, -0.1) is 32.9 Å². The minimum atomic E-state index is 0.235. The van der Waals surface area contributed by atoms with E-state index in [1.165, 1.54) is 5.56 Å². The fourth-order valence-corrected chi connectivity index (χ4v) is 5.86. The third-order valence-corrected chi connectivity index (χ3v) is 7.75. The van der Waals surface area contributed by atoms with Crippen molar-refractivity contribution in [3.8, 4) is 10.7 Å². The average Bonchev–Trinajstić information content (AvgIpc) is 3.57. The van der Waals surface area contributed by atoms with Gasteiger partial charge in [0.05, 0.1) is 23.2 Å². The van der Waals surface area contributed by atoms with Gasteiger partial charge in [-0.2, -0.15) is 0 Å². The molecule has 0 bridgehead atoms. The molecule has 0 aliphatic carbocycles. The van der Waals surface area contributed by atoms with Gasteiger partial charge in [0.2, 0.25) is 0 Å². The summed E-state index contributed by atoms with van der Waals surface area (Å²) < 4.78 is 8.10. The van der Waals surface area contributed by atoms with Crippen molar-refractivity contribution in [3.63, 3.8) is 0 Å². The number of thiophene rings is 1. The highest BCUT2D eigenvalue weighted by Crippen LogP contribution is 2.31. The average molecular weight is 470 g/mol. The van der Waals surface area contributed by atoms with Crippen molar-refractivity contribution < 1.29 is 4.74 Å². The summed E-state index contributed by atoms with van der Waals surface area (Å²) in [4.78, 5) is 5.87. The Kier molecular flexibility index (Phi) is 6.35. The standard InChI is InChI=1S/C22H23N5OS3/c1-15-6-8-16(9-7-15)23-21-24-17(13-30-21)14-31-22-26-25-20(19-5-3-11-29-19)27(22)12-18-4-2-10-28-18/h3,5-9,11,13,18H,2,4,10,12,14H2,1H3,(H,23,24). The number of ether oxygens (including phenoxy) is 1. The van der Waals surface area contributed by atoms with Crippen LogP contribution in [0.3, 0.4) is 0 Å². The first-order chi connectivity index (χ1) is 15.2. The SMILES string of the molecule is Cc1ccc(Nc2nc(CSc3nnc(-c4cccs4)n3CC3CCCO3)cs2)cc1. The first-order valence-corrected chi connectivity index (χ1v) is 13.0. The van der Waals surface area contributed by atoms with Crippen molar-refractivity contribution >= 4 is 45.3 Å². The molecular weight excluding hydrogens is 446 g/mol. The highest BCUT2D eigenvalue weighted by atomic mass is 32.2. The van der Waals surface area contributed by atoms with Gasteiger partial charge in [-0.1, -0.05) is 35.5 Å². The molecule has 3 aromatic heterocycles. The number of benzene rings is 1. The van der Waals surface area contributed by atoms with Crippen LogP contribution < -0.4 is 5.32 Å². The molecule has 1 aromatic carbocycles. The van der Waals surface area contributed by atoms with Gasteiger partial charge in [0.25, 0.3) is 0 Å². The summed E-state index contributed by atoms with van der Waals surface area (Å²) in [5.41, 5.74) is 3.33. The predicted molar refractivity (Wildman–Crippen MR) is 128 cm³/mol. The molecule has 0 spiro atoms. The Morgan fingerprint density at radius 3 is 2.87 bits per heavy atom. The number of anilines is 2. The largest absolute Gasteiger partial charge is 0.376 e. The lowest BCUT2D eigenvalue weighted by molar-refractivity contribution is 0.0953. The third kappa shape index (κ3) is 5.01. The lowest BCUT2D eigenvalue weighted by Gasteiger charge is -2.14. The maximum absolute atomic E-state index is 5.88. The summed E-state index contributed by atoms with van der Waals surface area (Å²) in [6.07, 6.45) is 2.45. The highest BCUT2D eigenvalue weighted by molar-refractivity contribution is 7.98. The van der Waals surface area contributed by atoms with Gasteiger partial charge >= 0.3 is 0 Å². The van der Waals surface area contributed by atoms with Crippen LogP contribution in [0.1, 0.15) is 24.1 Å². The summed E-state index contributed by atoms with van der Waals surface area (Å²) in [5, 5.41) is 18.4. The number of nitrogens with one attached hydrogen (secondary N) is 1. The van der Waals surface area contributed by atoms with Crippen LogP contribution in [0, 0.1) is 6.92 Å². The topological polar surface area (TPSA) is 64.9 Å². The Morgan fingerprint density at radius 2 is 2.10 bits per heavy atom. The lowest BCUT2D eigenvalue weighted by Crippen LogP contribution is -2.16. The maximum Gasteiger partial charge on any atom is 0.191 e. The normalized spacial score (nSPS) is 16.1. The van der Waals surface area contributed by atoms with E-state index in [0.29, 0.717) is 0 Å². The van der Waals surface area contributed by atoms with Gasteiger partial charge in [-0.3, -0.25) is 4.57 Å². The smallest absolute Gasteiger partial charge is 0.191 e. The number of nitrogens with zero attached hydrogens (tertiary/aromatic N) is 4. The van der Waals surface area contributed by atoms with Crippen LogP contribution in [0.2, 0.25) is 0 Å². The van der Waals surface area contributed by atoms with Crippen LogP contribution in [0.25, 0.3) is 10.7 Å². The van der Waals surface area contributed by atoms with Gasteiger partial charge in [-0.25, -0.2) is 4.98 Å². The van der Waals surface area contributed by atoms with E-state index in [4.69, 9.17) is 9.72 Å². The van der Waals surface area contributed by atoms with Gasteiger partial charge in [0.15, 0.2) is 16.1 Å². The molecule has 4 heterocycles. The van der Waals surface area contributed by atoms with Crippen molar-refractivity contribution in [3.05, 3.63) is 58.4 Å². The molecule has 0 amide bonds. The number of thiazole rings is 1. The molecule has 1 aliphatic rings. The summed E-state index contributed by atoms with van der Waals surface area (Å²) >= 11 is 4.99. The lowest BCUT2D eigenvalue weighted by atomic mass is 10.2. The molecule has 0 radical (unpaired) electrons. The molecular formula is C22H23N5OS3. The number of thioether (sulfide) groups is 1. The third-order valence-electron chi connectivity index (χ3n) is 5.07. The Labute approximate surface area is 193 Å². The molecule has 0 saturated carbocycles. The minimum Gasteiger partial charge on any atom is -0.376 e. The van der Waals surface area contributed by atoms with Crippen LogP contribution in [0.4, 0.5) is 10.8 Å². The molecule has 1 fully saturated rings. The van der Waals surface area contributed by atoms with E-state index in [9.17, 15) is 0 Å². The molecule has 1 aliphatic heterocycles. The molecule has 31 heavy (non-hydrogen) atoms.